The molecule has 0 spiro atoms. The van der Waals surface area contributed by atoms with Gasteiger partial charge in [-0.3, -0.25) is 0 Å². The van der Waals surface area contributed by atoms with Crippen molar-refractivity contribution >= 4 is 38.9 Å². The maximum atomic E-state index is 10.8. The zero-order valence-corrected chi connectivity index (χ0v) is 13.5. The SMILES string of the molecule is OC1(Cc2ccc(Cl)s2)CCc2cc(Br)ccc2C1. The van der Waals surface area contributed by atoms with Crippen LogP contribution >= 0.6 is 38.9 Å². The number of thiophene rings is 1. The normalized spacial score (nSPS) is 22.3. The molecule has 1 heterocycles. The lowest BCUT2D eigenvalue weighted by Gasteiger charge is -2.33. The third-order valence-corrected chi connectivity index (χ3v) is 5.40. The fourth-order valence-electron chi connectivity index (χ4n) is 2.73. The van der Waals surface area contributed by atoms with Crippen LogP contribution in [0, 0.1) is 0 Å². The van der Waals surface area contributed by atoms with Gasteiger partial charge in [-0.2, -0.15) is 0 Å². The molecule has 0 aliphatic heterocycles. The number of fused-ring (bicyclic) bond motifs is 1. The van der Waals surface area contributed by atoms with E-state index >= 15 is 0 Å². The summed E-state index contributed by atoms with van der Waals surface area (Å²) in [6, 6.07) is 10.2. The Balaban J connectivity index is 1.81. The van der Waals surface area contributed by atoms with Crippen LogP contribution in [0.1, 0.15) is 22.4 Å². The maximum absolute atomic E-state index is 10.8. The minimum Gasteiger partial charge on any atom is -0.389 e. The van der Waals surface area contributed by atoms with Crippen LogP contribution in [0.2, 0.25) is 4.34 Å². The van der Waals surface area contributed by atoms with Crippen LogP contribution in [0.5, 0.6) is 0 Å². The molecular weight excluding hydrogens is 344 g/mol. The fourth-order valence-corrected chi connectivity index (χ4v) is 4.36. The number of benzene rings is 1. The summed E-state index contributed by atoms with van der Waals surface area (Å²) in [7, 11) is 0. The first-order chi connectivity index (χ1) is 9.04. The third kappa shape index (κ3) is 3.05. The van der Waals surface area contributed by atoms with Gasteiger partial charge in [-0.15, -0.1) is 11.3 Å². The molecular formula is C15H14BrClOS. The molecule has 1 N–H and O–H groups in total. The lowest BCUT2D eigenvalue weighted by atomic mass is 9.78. The van der Waals surface area contributed by atoms with E-state index in [2.05, 4.69) is 28.1 Å². The van der Waals surface area contributed by atoms with Gasteiger partial charge in [0.2, 0.25) is 0 Å². The lowest BCUT2D eigenvalue weighted by Crippen LogP contribution is -2.37. The Labute approximate surface area is 130 Å². The predicted molar refractivity (Wildman–Crippen MR) is 84.1 cm³/mol. The Morgan fingerprint density at radius 1 is 1.26 bits per heavy atom. The summed E-state index contributed by atoms with van der Waals surface area (Å²) in [5, 5.41) is 10.8. The molecule has 1 aliphatic rings. The van der Waals surface area contributed by atoms with E-state index in [0.717, 1.165) is 32.9 Å². The van der Waals surface area contributed by atoms with Crippen molar-refractivity contribution in [2.75, 3.05) is 0 Å². The monoisotopic (exact) mass is 356 g/mol. The van der Waals surface area contributed by atoms with E-state index in [4.69, 9.17) is 11.6 Å². The highest BCUT2D eigenvalue weighted by molar-refractivity contribution is 9.10. The summed E-state index contributed by atoms with van der Waals surface area (Å²) in [5.41, 5.74) is 1.98. The molecule has 1 unspecified atom stereocenters. The second kappa shape index (κ2) is 5.21. The van der Waals surface area contributed by atoms with Crippen LogP contribution in [-0.2, 0) is 19.3 Å². The van der Waals surface area contributed by atoms with Gasteiger partial charge in [0.25, 0.3) is 0 Å². The van der Waals surface area contributed by atoms with Gasteiger partial charge in [0.1, 0.15) is 0 Å². The molecule has 0 saturated heterocycles. The summed E-state index contributed by atoms with van der Waals surface area (Å²) in [4.78, 5) is 1.16. The molecule has 19 heavy (non-hydrogen) atoms. The van der Waals surface area contributed by atoms with Gasteiger partial charge in [-0.25, -0.2) is 0 Å². The second-order valence-corrected chi connectivity index (χ2v) is 7.91. The first-order valence-corrected chi connectivity index (χ1v) is 8.27. The number of halogens is 2. The van der Waals surface area contributed by atoms with Gasteiger partial charge in [0.15, 0.2) is 0 Å². The Morgan fingerprint density at radius 2 is 2.11 bits per heavy atom. The highest BCUT2D eigenvalue weighted by Crippen LogP contribution is 2.34. The zero-order chi connectivity index (χ0) is 13.5. The van der Waals surface area contributed by atoms with Crippen LogP contribution < -0.4 is 0 Å². The first kappa shape index (κ1) is 13.6. The number of aliphatic hydroxyl groups is 1. The van der Waals surface area contributed by atoms with Gasteiger partial charge in [0.05, 0.1) is 9.94 Å². The van der Waals surface area contributed by atoms with Gasteiger partial charge in [-0.1, -0.05) is 33.6 Å². The number of aryl methyl sites for hydroxylation is 1. The maximum Gasteiger partial charge on any atom is 0.0931 e. The molecule has 1 nitrogen and oxygen atoms in total. The molecule has 3 rings (SSSR count). The average Bonchev–Trinajstić information content (AvgIpc) is 2.75. The van der Waals surface area contributed by atoms with Crippen molar-refractivity contribution in [3.63, 3.8) is 0 Å². The van der Waals surface area contributed by atoms with Crippen LogP contribution in [0.15, 0.2) is 34.8 Å². The summed E-state index contributed by atoms with van der Waals surface area (Å²) in [6.45, 7) is 0. The summed E-state index contributed by atoms with van der Waals surface area (Å²) in [6.07, 6.45) is 3.17. The Bertz CT molecular complexity index is 610. The Kier molecular flexibility index (Phi) is 3.73. The van der Waals surface area contributed by atoms with E-state index in [0.29, 0.717) is 6.42 Å². The Morgan fingerprint density at radius 3 is 2.84 bits per heavy atom. The average molecular weight is 358 g/mol. The van der Waals surface area contributed by atoms with Crippen molar-refractivity contribution in [2.45, 2.75) is 31.3 Å². The number of hydrogen-bond acceptors (Lipinski definition) is 2. The highest BCUT2D eigenvalue weighted by atomic mass is 79.9. The molecule has 1 atom stereocenters. The van der Waals surface area contributed by atoms with Crippen LogP contribution in [0.25, 0.3) is 0 Å². The van der Waals surface area contributed by atoms with E-state index in [1.165, 1.54) is 11.1 Å². The fraction of sp³-hybridized carbons (Fsp3) is 0.333. The molecule has 0 fully saturated rings. The van der Waals surface area contributed by atoms with E-state index in [1.54, 1.807) is 11.3 Å². The van der Waals surface area contributed by atoms with Crippen molar-refractivity contribution in [2.24, 2.45) is 0 Å². The molecule has 1 aliphatic carbocycles. The molecule has 4 heteroatoms. The molecule has 0 radical (unpaired) electrons. The molecule has 0 amide bonds. The second-order valence-electron chi connectivity index (χ2n) is 5.20. The van der Waals surface area contributed by atoms with E-state index in [9.17, 15) is 5.11 Å². The van der Waals surface area contributed by atoms with Crippen molar-refractivity contribution < 1.29 is 5.11 Å². The predicted octanol–water partition coefficient (Wildman–Crippen LogP) is 4.63. The van der Waals surface area contributed by atoms with E-state index < -0.39 is 5.60 Å². The zero-order valence-electron chi connectivity index (χ0n) is 10.3. The van der Waals surface area contributed by atoms with Gasteiger partial charge in [-0.05, 0) is 48.2 Å². The molecule has 100 valence electrons. The summed E-state index contributed by atoms with van der Waals surface area (Å²) >= 11 is 11.0. The van der Waals surface area contributed by atoms with Crippen molar-refractivity contribution in [3.8, 4) is 0 Å². The van der Waals surface area contributed by atoms with Crippen molar-refractivity contribution in [3.05, 3.63) is 55.1 Å². The number of rotatable bonds is 2. The van der Waals surface area contributed by atoms with Gasteiger partial charge in [0, 0.05) is 22.2 Å². The van der Waals surface area contributed by atoms with Crippen LogP contribution in [-0.4, -0.2) is 10.7 Å². The van der Waals surface area contributed by atoms with Crippen molar-refractivity contribution in [1.82, 2.24) is 0 Å². The van der Waals surface area contributed by atoms with Crippen LogP contribution in [0.3, 0.4) is 0 Å². The molecule has 1 aromatic heterocycles. The molecule has 0 bridgehead atoms. The first-order valence-electron chi connectivity index (χ1n) is 6.28. The number of hydrogen-bond donors (Lipinski definition) is 1. The smallest absolute Gasteiger partial charge is 0.0931 e. The topological polar surface area (TPSA) is 20.2 Å². The standard InChI is InChI=1S/C15H14BrClOS/c16-12-2-1-11-8-15(18,6-5-10(11)7-12)9-13-3-4-14(17)19-13/h1-4,7,18H,5-6,8-9H2. The van der Waals surface area contributed by atoms with E-state index in [1.807, 2.05) is 18.2 Å². The largest absolute Gasteiger partial charge is 0.389 e. The van der Waals surface area contributed by atoms with E-state index in [-0.39, 0.29) is 0 Å². The highest BCUT2D eigenvalue weighted by Gasteiger charge is 2.32. The summed E-state index contributed by atoms with van der Waals surface area (Å²) in [5.74, 6) is 0. The molecule has 2 aromatic rings. The molecule has 1 aromatic carbocycles. The molecule has 0 saturated carbocycles. The third-order valence-electron chi connectivity index (χ3n) is 3.68. The Hall–Kier alpha value is -0.350. The minimum atomic E-state index is -0.630. The van der Waals surface area contributed by atoms with Crippen LogP contribution in [0.4, 0.5) is 0 Å². The van der Waals surface area contributed by atoms with Gasteiger partial charge < -0.3 is 5.11 Å². The minimum absolute atomic E-state index is 0.630. The lowest BCUT2D eigenvalue weighted by molar-refractivity contribution is 0.0275. The van der Waals surface area contributed by atoms with Crippen molar-refractivity contribution in [1.29, 1.82) is 0 Å². The quantitative estimate of drug-likeness (QED) is 0.831. The van der Waals surface area contributed by atoms with Gasteiger partial charge >= 0.3 is 0 Å². The summed E-state index contributed by atoms with van der Waals surface area (Å²) < 4.78 is 1.90.